The lowest BCUT2D eigenvalue weighted by atomic mass is 10.2. The molecule has 1 aromatic heterocycles. The smallest absolute Gasteiger partial charge is 0.379 e. The highest BCUT2D eigenvalue weighted by atomic mass is 79.9. The lowest BCUT2D eigenvalue weighted by molar-refractivity contribution is 0.0704. The Morgan fingerprint density at radius 3 is 2.76 bits per heavy atom. The van der Waals surface area contributed by atoms with Crippen LogP contribution in [0.5, 0.6) is 5.75 Å². The van der Waals surface area contributed by atoms with Crippen LogP contribution in [0.1, 0.15) is 16.1 Å². The molecule has 0 atom stereocenters. The van der Waals surface area contributed by atoms with Gasteiger partial charge in [0.2, 0.25) is 5.76 Å². The van der Waals surface area contributed by atoms with Crippen molar-refractivity contribution in [2.45, 2.75) is 6.92 Å². The Labute approximate surface area is 134 Å². The molecule has 3 nitrogen and oxygen atoms in total. The van der Waals surface area contributed by atoms with E-state index in [9.17, 15) is 4.79 Å². The van der Waals surface area contributed by atoms with Gasteiger partial charge in [0.15, 0.2) is 0 Å². The Hall–Kier alpha value is -1.78. The van der Waals surface area contributed by atoms with Gasteiger partial charge in [-0.1, -0.05) is 27.5 Å². The monoisotopic (exact) mass is 364 g/mol. The lowest BCUT2D eigenvalue weighted by Gasteiger charge is -2.04. The van der Waals surface area contributed by atoms with Crippen LogP contribution in [0.15, 0.2) is 51.4 Å². The maximum Gasteiger partial charge on any atom is 0.379 e. The number of fused-ring (bicyclic) bond motifs is 1. The predicted molar refractivity (Wildman–Crippen MR) is 85.1 cm³/mol. The zero-order valence-corrected chi connectivity index (χ0v) is 13.4. The van der Waals surface area contributed by atoms with Gasteiger partial charge in [-0.25, -0.2) is 4.79 Å². The van der Waals surface area contributed by atoms with Gasteiger partial charge in [0.25, 0.3) is 0 Å². The van der Waals surface area contributed by atoms with E-state index in [1.807, 2.05) is 19.1 Å². The summed E-state index contributed by atoms with van der Waals surface area (Å²) in [7, 11) is 0. The first-order chi connectivity index (χ1) is 10.0. The molecule has 0 amide bonds. The van der Waals surface area contributed by atoms with Gasteiger partial charge in [0.1, 0.15) is 11.3 Å². The average molecular weight is 366 g/mol. The van der Waals surface area contributed by atoms with E-state index in [1.165, 1.54) is 0 Å². The summed E-state index contributed by atoms with van der Waals surface area (Å²) in [5.74, 6) is 0.0586. The minimum Gasteiger partial charge on any atom is -0.449 e. The van der Waals surface area contributed by atoms with E-state index in [0.29, 0.717) is 16.4 Å². The van der Waals surface area contributed by atoms with Gasteiger partial charge in [-0.05, 0) is 55.0 Å². The molecule has 1 heterocycles. The van der Waals surface area contributed by atoms with Crippen molar-refractivity contribution in [1.29, 1.82) is 0 Å². The summed E-state index contributed by atoms with van der Waals surface area (Å²) < 4.78 is 11.7. The minimum absolute atomic E-state index is 0.163. The fourth-order valence-corrected chi connectivity index (χ4v) is 2.45. The predicted octanol–water partition coefficient (Wildman–Crippen LogP) is 5.38. The third-order valence-electron chi connectivity index (χ3n) is 3.02. The van der Waals surface area contributed by atoms with Crippen molar-refractivity contribution in [2.75, 3.05) is 0 Å². The number of furan rings is 1. The zero-order valence-electron chi connectivity index (χ0n) is 11.0. The van der Waals surface area contributed by atoms with Gasteiger partial charge in [0.05, 0.1) is 0 Å². The fraction of sp³-hybridized carbons (Fsp3) is 0.0625. The molecule has 0 aliphatic rings. The molecule has 21 heavy (non-hydrogen) atoms. The molecule has 0 aliphatic carbocycles. The molecule has 0 spiro atoms. The number of halogens is 2. The molecule has 0 aliphatic heterocycles. The van der Waals surface area contributed by atoms with Crippen molar-refractivity contribution >= 4 is 44.5 Å². The van der Waals surface area contributed by atoms with Crippen LogP contribution in [0, 0.1) is 6.92 Å². The van der Waals surface area contributed by atoms with E-state index in [4.69, 9.17) is 20.8 Å². The average Bonchev–Trinajstić information content (AvgIpc) is 2.86. The Kier molecular flexibility index (Phi) is 3.74. The Bertz CT molecular complexity index is 839. The third kappa shape index (κ3) is 2.96. The van der Waals surface area contributed by atoms with Crippen LogP contribution in [0.25, 0.3) is 11.0 Å². The third-order valence-corrected chi connectivity index (χ3v) is 3.94. The van der Waals surface area contributed by atoms with Crippen LogP contribution in [-0.2, 0) is 0 Å². The van der Waals surface area contributed by atoms with Crippen molar-refractivity contribution in [2.24, 2.45) is 0 Å². The molecular formula is C16H10BrClO3. The Morgan fingerprint density at radius 2 is 2.00 bits per heavy atom. The highest BCUT2D eigenvalue weighted by molar-refractivity contribution is 9.10. The molecule has 3 aromatic rings. The normalized spacial score (nSPS) is 10.8. The van der Waals surface area contributed by atoms with Crippen LogP contribution in [0.3, 0.4) is 0 Å². The molecule has 0 unspecified atom stereocenters. The summed E-state index contributed by atoms with van der Waals surface area (Å²) >= 11 is 9.32. The molecule has 106 valence electrons. The molecule has 0 radical (unpaired) electrons. The molecule has 5 heteroatoms. The molecule has 2 aromatic carbocycles. The van der Waals surface area contributed by atoms with Crippen LogP contribution in [0.4, 0.5) is 0 Å². The minimum atomic E-state index is -0.538. The first kappa shape index (κ1) is 14.2. The highest BCUT2D eigenvalue weighted by Crippen LogP contribution is 2.25. The quantitative estimate of drug-likeness (QED) is 0.452. The number of aryl methyl sites for hydroxylation is 1. The summed E-state index contributed by atoms with van der Waals surface area (Å²) in [5.41, 5.74) is 1.48. The summed E-state index contributed by atoms with van der Waals surface area (Å²) in [6, 6.07) is 12.2. The fourth-order valence-electron chi connectivity index (χ4n) is 1.95. The van der Waals surface area contributed by atoms with Crippen molar-refractivity contribution in [3.63, 3.8) is 0 Å². The second-order valence-corrected chi connectivity index (χ2v) is 5.92. The van der Waals surface area contributed by atoms with E-state index < -0.39 is 5.97 Å². The number of hydrogen-bond donors (Lipinski definition) is 0. The second-order valence-electron chi connectivity index (χ2n) is 4.59. The van der Waals surface area contributed by atoms with Gasteiger partial charge in [-0.15, -0.1) is 0 Å². The lowest BCUT2D eigenvalue weighted by Crippen LogP contribution is -2.07. The number of carbonyl (C=O) groups excluding carboxylic acids is 1. The van der Waals surface area contributed by atoms with Gasteiger partial charge >= 0.3 is 5.97 Å². The number of hydrogen-bond acceptors (Lipinski definition) is 3. The van der Waals surface area contributed by atoms with Crippen molar-refractivity contribution < 1.29 is 13.9 Å². The first-order valence-electron chi connectivity index (χ1n) is 6.20. The number of carbonyl (C=O) groups is 1. The zero-order chi connectivity index (χ0) is 15.0. The van der Waals surface area contributed by atoms with E-state index in [1.54, 1.807) is 30.3 Å². The standard InChI is InChI=1S/C16H10BrClO3/c1-9-6-12(3-4-13(9)18)20-16(19)15-8-10-7-11(17)2-5-14(10)21-15/h2-8H,1H3. The van der Waals surface area contributed by atoms with E-state index in [0.717, 1.165) is 15.4 Å². The number of ether oxygens (including phenoxy) is 1. The first-order valence-corrected chi connectivity index (χ1v) is 7.37. The van der Waals surface area contributed by atoms with Gasteiger partial charge in [0, 0.05) is 14.9 Å². The summed E-state index contributed by atoms with van der Waals surface area (Å²) in [6.45, 7) is 1.85. The van der Waals surface area contributed by atoms with Crippen molar-refractivity contribution in [1.82, 2.24) is 0 Å². The van der Waals surface area contributed by atoms with Gasteiger partial charge < -0.3 is 9.15 Å². The van der Waals surface area contributed by atoms with Crippen LogP contribution >= 0.6 is 27.5 Å². The summed E-state index contributed by atoms with van der Waals surface area (Å²) in [4.78, 5) is 12.1. The van der Waals surface area contributed by atoms with E-state index in [2.05, 4.69) is 15.9 Å². The topological polar surface area (TPSA) is 39.4 Å². The second kappa shape index (κ2) is 5.54. The number of esters is 1. The molecule has 0 saturated heterocycles. The maximum atomic E-state index is 12.1. The number of benzene rings is 2. The highest BCUT2D eigenvalue weighted by Gasteiger charge is 2.15. The van der Waals surface area contributed by atoms with E-state index >= 15 is 0 Å². The molecule has 0 fully saturated rings. The van der Waals surface area contributed by atoms with Crippen LogP contribution in [-0.4, -0.2) is 5.97 Å². The molecular weight excluding hydrogens is 356 g/mol. The summed E-state index contributed by atoms with van der Waals surface area (Å²) in [5, 5.41) is 1.46. The van der Waals surface area contributed by atoms with Crippen LogP contribution < -0.4 is 4.74 Å². The number of rotatable bonds is 2. The molecule has 0 N–H and O–H groups in total. The van der Waals surface area contributed by atoms with Gasteiger partial charge in [-0.3, -0.25) is 0 Å². The van der Waals surface area contributed by atoms with Crippen molar-refractivity contribution in [3.05, 3.63) is 63.3 Å². The van der Waals surface area contributed by atoms with Crippen molar-refractivity contribution in [3.8, 4) is 5.75 Å². The van der Waals surface area contributed by atoms with E-state index in [-0.39, 0.29) is 5.76 Å². The van der Waals surface area contributed by atoms with Gasteiger partial charge in [-0.2, -0.15) is 0 Å². The maximum absolute atomic E-state index is 12.1. The molecule has 0 saturated carbocycles. The largest absolute Gasteiger partial charge is 0.449 e. The summed E-state index contributed by atoms with van der Waals surface area (Å²) in [6.07, 6.45) is 0. The SMILES string of the molecule is Cc1cc(OC(=O)c2cc3cc(Br)ccc3o2)ccc1Cl. The van der Waals surface area contributed by atoms with Crippen LogP contribution in [0.2, 0.25) is 5.02 Å². The molecule has 0 bridgehead atoms. The molecule has 3 rings (SSSR count). The Balaban J connectivity index is 1.87. The Morgan fingerprint density at radius 1 is 1.19 bits per heavy atom.